The summed E-state index contributed by atoms with van der Waals surface area (Å²) in [7, 11) is 0. The molecule has 0 radical (unpaired) electrons. The van der Waals surface area contributed by atoms with Crippen LogP contribution in [0.2, 0.25) is 0 Å². The minimum absolute atomic E-state index is 0.00843. The fraction of sp³-hybridized carbons (Fsp3) is 0.200. The first kappa shape index (κ1) is 17.0. The zero-order chi connectivity index (χ0) is 17.9. The monoisotopic (exact) mass is 382 g/mol. The Morgan fingerprint density at radius 3 is 2.27 bits per heavy atom. The average molecular weight is 383 g/mol. The van der Waals surface area contributed by atoms with E-state index in [4.69, 9.17) is 0 Å². The highest BCUT2D eigenvalue weighted by molar-refractivity contribution is 7.10. The number of nitrogens with one attached hydrogen (secondary N) is 1. The predicted octanol–water partition coefficient (Wildman–Crippen LogP) is 4.46. The van der Waals surface area contributed by atoms with E-state index in [1.165, 1.54) is 0 Å². The molecule has 6 heteroatoms. The van der Waals surface area contributed by atoms with Crippen LogP contribution in [0.25, 0.3) is 0 Å². The molecule has 1 atom stereocenters. The maximum Gasteiger partial charge on any atom is 0.231 e. The summed E-state index contributed by atoms with van der Waals surface area (Å²) in [5.74, 6) is -0.525. The van der Waals surface area contributed by atoms with Crippen molar-refractivity contribution in [2.45, 2.75) is 25.4 Å². The maximum atomic E-state index is 13.4. The lowest BCUT2D eigenvalue weighted by Crippen LogP contribution is -2.37. The van der Waals surface area contributed by atoms with E-state index in [1.54, 1.807) is 22.7 Å². The smallest absolute Gasteiger partial charge is 0.231 e. The number of amides is 2. The molecule has 2 aromatic heterocycles. The molecule has 0 bridgehead atoms. The first-order chi connectivity index (χ1) is 12.7. The van der Waals surface area contributed by atoms with E-state index in [9.17, 15) is 9.59 Å². The molecule has 0 saturated carbocycles. The topological polar surface area (TPSA) is 49.4 Å². The van der Waals surface area contributed by atoms with Crippen molar-refractivity contribution in [3.8, 4) is 0 Å². The molecule has 1 aliphatic heterocycles. The van der Waals surface area contributed by atoms with Gasteiger partial charge in [-0.1, -0.05) is 30.3 Å². The number of hydrogen-bond donors (Lipinski definition) is 1. The van der Waals surface area contributed by atoms with Gasteiger partial charge in [0.15, 0.2) is 0 Å². The van der Waals surface area contributed by atoms with Gasteiger partial charge in [-0.05, 0) is 34.5 Å². The van der Waals surface area contributed by atoms with Crippen LogP contribution in [0.5, 0.6) is 0 Å². The van der Waals surface area contributed by atoms with Crippen LogP contribution in [0.1, 0.15) is 27.7 Å². The van der Waals surface area contributed by atoms with E-state index in [0.717, 1.165) is 21.0 Å². The molecule has 0 aliphatic carbocycles. The number of para-hydroxylation sites is 1. The number of benzene rings is 1. The lowest BCUT2D eigenvalue weighted by Gasteiger charge is -2.30. The fourth-order valence-corrected chi connectivity index (χ4v) is 4.68. The number of fused-ring (bicyclic) bond motifs is 1. The number of rotatable bonds is 5. The van der Waals surface area contributed by atoms with Crippen LogP contribution in [0.3, 0.4) is 0 Å². The van der Waals surface area contributed by atoms with Crippen molar-refractivity contribution in [1.29, 1.82) is 0 Å². The van der Waals surface area contributed by atoms with Gasteiger partial charge in [0.05, 0.1) is 19.0 Å². The summed E-state index contributed by atoms with van der Waals surface area (Å²) >= 11 is 3.29. The molecule has 3 heterocycles. The van der Waals surface area contributed by atoms with Gasteiger partial charge < -0.3 is 10.2 Å². The first-order valence-electron chi connectivity index (χ1n) is 8.43. The molecule has 0 saturated heterocycles. The van der Waals surface area contributed by atoms with Crippen molar-refractivity contribution in [2.24, 2.45) is 0 Å². The largest absolute Gasteiger partial charge is 0.332 e. The average Bonchev–Trinajstić information content (AvgIpc) is 3.34. The minimum atomic E-state index is -0.431. The Morgan fingerprint density at radius 1 is 1.00 bits per heavy atom. The molecule has 0 spiro atoms. The summed E-state index contributed by atoms with van der Waals surface area (Å²) in [6.45, 7) is 1.13. The standard InChI is InChI=1S/C20H18N2O2S2/c23-19-11-17(16-7-1-2-8-18(16)21-19)20(24)22(12-14-5-3-9-25-14)13-15-6-4-10-26-15/h1-10,17H,11-13H2,(H,21,23). The fourth-order valence-electron chi connectivity index (χ4n) is 3.25. The van der Waals surface area contributed by atoms with Crippen LogP contribution < -0.4 is 5.32 Å². The molecule has 1 aromatic carbocycles. The molecule has 0 fully saturated rings. The van der Waals surface area contributed by atoms with Crippen LogP contribution in [-0.2, 0) is 22.7 Å². The molecular weight excluding hydrogens is 364 g/mol. The number of carbonyl (C=O) groups is 2. The van der Waals surface area contributed by atoms with Gasteiger partial charge in [-0.2, -0.15) is 0 Å². The highest BCUT2D eigenvalue weighted by atomic mass is 32.1. The van der Waals surface area contributed by atoms with Crippen LogP contribution >= 0.6 is 22.7 Å². The van der Waals surface area contributed by atoms with Crippen molar-refractivity contribution in [2.75, 3.05) is 5.32 Å². The third-order valence-corrected chi connectivity index (χ3v) is 6.19. The molecule has 26 heavy (non-hydrogen) atoms. The van der Waals surface area contributed by atoms with Gasteiger partial charge in [-0.25, -0.2) is 0 Å². The second kappa shape index (κ2) is 7.43. The Hall–Kier alpha value is -2.44. The summed E-state index contributed by atoms with van der Waals surface area (Å²) in [6.07, 6.45) is 0.196. The quantitative estimate of drug-likeness (QED) is 0.708. The summed E-state index contributed by atoms with van der Waals surface area (Å²) in [4.78, 5) is 29.7. The van der Waals surface area contributed by atoms with E-state index in [1.807, 2.05) is 64.2 Å². The molecule has 3 aromatic rings. The van der Waals surface area contributed by atoms with Crippen LogP contribution in [-0.4, -0.2) is 16.7 Å². The second-order valence-corrected chi connectivity index (χ2v) is 8.31. The second-order valence-electron chi connectivity index (χ2n) is 6.25. The number of thiophene rings is 2. The van der Waals surface area contributed by atoms with Crippen molar-refractivity contribution in [3.05, 3.63) is 74.6 Å². The van der Waals surface area contributed by atoms with E-state index in [2.05, 4.69) is 5.32 Å². The molecule has 1 N–H and O–H groups in total. The summed E-state index contributed by atoms with van der Waals surface area (Å²) in [6, 6.07) is 15.7. The predicted molar refractivity (Wildman–Crippen MR) is 105 cm³/mol. The van der Waals surface area contributed by atoms with Gasteiger partial charge in [0.2, 0.25) is 11.8 Å². The third-order valence-electron chi connectivity index (χ3n) is 4.46. The van der Waals surface area contributed by atoms with Gasteiger partial charge in [0.25, 0.3) is 0 Å². The minimum Gasteiger partial charge on any atom is -0.332 e. The van der Waals surface area contributed by atoms with Crippen LogP contribution in [0.15, 0.2) is 59.3 Å². The van der Waals surface area contributed by atoms with Crippen LogP contribution in [0, 0.1) is 0 Å². The summed E-state index contributed by atoms with van der Waals surface area (Å²) in [5, 5.41) is 6.91. The van der Waals surface area contributed by atoms with E-state index in [-0.39, 0.29) is 18.2 Å². The Morgan fingerprint density at radius 2 is 1.65 bits per heavy atom. The summed E-state index contributed by atoms with van der Waals surface area (Å²) in [5.41, 5.74) is 1.65. The first-order valence-corrected chi connectivity index (χ1v) is 10.2. The van der Waals surface area contributed by atoms with E-state index < -0.39 is 5.92 Å². The van der Waals surface area contributed by atoms with E-state index in [0.29, 0.717) is 13.1 Å². The van der Waals surface area contributed by atoms with Crippen molar-refractivity contribution < 1.29 is 9.59 Å². The van der Waals surface area contributed by atoms with Crippen LogP contribution in [0.4, 0.5) is 5.69 Å². The molecule has 1 aliphatic rings. The number of carbonyl (C=O) groups excluding carboxylic acids is 2. The number of anilines is 1. The van der Waals surface area contributed by atoms with Gasteiger partial charge >= 0.3 is 0 Å². The number of hydrogen-bond acceptors (Lipinski definition) is 4. The molecular formula is C20H18N2O2S2. The Kier molecular flexibility index (Phi) is 4.86. The lowest BCUT2D eigenvalue weighted by atomic mass is 9.89. The highest BCUT2D eigenvalue weighted by Gasteiger charge is 2.33. The van der Waals surface area contributed by atoms with Gasteiger partial charge in [-0.15, -0.1) is 22.7 Å². The SMILES string of the molecule is O=C1CC(C(=O)N(Cc2cccs2)Cc2cccs2)c2ccccc2N1. The molecule has 1 unspecified atom stereocenters. The lowest BCUT2D eigenvalue weighted by molar-refractivity contribution is -0.136. The molecule has 4 rings (SSSR count). The Bertz CT molecular complexity index is 868. The van der Waals surface area contributed by atoms with Gasteiger partial charge in [0.1, 0.15) is 0 Å². The summed E-state index contributed by atoms with van der Waals surface area (Å²) < 4.78 is 0. The molecule has 2 amide bonds. The van der Waals surface area contributed by atoms with Crippen molar-refractivity contribution in [3.63, 3.8) is 0 Å². The zero-order valence-electron chi connectivity index (χ0n) is 14.1. The Labute approximate surface area is 160 Å². The van der Waals surface area contributed by atoms with Crippen molar-refractivity contribution in [1.82, 2.24) is 4.90 Å². The van der Waals surface area contributed by atoms with Gasteiger partial charge in [0, 0.05) is 21.9 Å². The van der Waals surface area contributed by atoms with Gasteiger partial charge in [-0.3, -0.25) is 9.59 Å². The highest BCUT2D eigenvalue weighted by Crippen LogP contribution is 2.34. The Balaban J connectivity index is 1.64. The van der Waals surface area contributed by atoms with Crippen molar-refractivity contribution >= 4 is 40.2 Å². The normalized spacial score (nSPS) is 16.0. The maximum absolute atomic E-state index is 13.4. The number of nitrogens with zero attached hydrogens (tertiary/aromatic N) is 1. The zero-order valence-corrected chi connectivity index (χ0v) is 15.7. The third kappa shape index (κ3) is 3.57. The molecule has 4 nitrogen and oxygen atoms in total. The van der Waals surface area contributed by atoms with E-state index >= 15 is 0 Å². The molecule has 132 valence electrons.